The highest BCUT2D eigenvalue weighted by atomic mass is 16.7. The molecule has 1 aromatic rings. The molecule has 1 aromatic carbocycles. The van der Waals surface area contributed by atoms with E-state index in [4.69, 9.17) is 15.2 Å². The monoisotopic (exact) mass is 266 g/mol. The minimum absolute atomic E-state index is 0.0350. The lowest BCUT2D eigenvalue weighted by Crippen LogP contribution is -2.24. The molecule has 1 heterocycles. The molecule has 0 saturated heterocycles. The van der Waals surface area contributed by atoms with Crippen molar-refractivity contribution in [1.29, 1.82) is 0 Å². The van der Waals surface area contributed by atoms with Crippen molar-refractivity contribution in [3.05, 3.63) is 27.8 Å². The summed E-state index contributed by atoms with van der Waals surface area (Å²) in [5.74, 6) is 0.777. The molecule has 2 amide bonds. The number of hydrogen-bond acceptors (Lipinski definition) is 6. The topological polar surface area (TPSA) is 129 Å². The third-order valence-corrected chi connectivity index (χ3v) is 2.35. The van der Waals surface area contributed by atoms with Crippen LogP contribution in [-0.2, 0) is 6.42 Å². The van der Waals surface area contributed by atoms with Gasteiger partial charge in [-0.3, -0.25) is 10.1 Å². The molecule has 2 rings (SSSR count). The molecule has 0 unspecified atom stereocenters. The van der Waals surface area contributed by atoms with Crippen molar-refractivity contribution < 1.29 is 19.2 Å². The predicted molar refractivity (Wildman–Crippen MR) is 64.1 cm³/mol. The van der Waals surface area contributed by atoms with Gasteiger partial charge >= 0.3 is 6.03 Å². The van der Waals surface area contributed by atoms with E-state index in [-0.39, 0.29) is 18.9 Å². The average Bonchev–Trinajstić information content (AvgIpc) is 2.80. The highest BCUT2D eigenvalue weighted by Gasteiger charge is 2.22. The largest absolute Gasteiger partial charge is 0.454 e. The standard InChI is InChI=1S/C10H10N4O5/c11-10(15)13-12-2-1-6-3-8-9(19-5-18-8)4-7(6)14(16)17/h2-4H,1,5H2,(H3,11,13,15). The Morgan fingerprint density at radius 1 is 1.53 bits per heavy atom. The van der Waals surface area contributed by atoms with E-state index in [2.05, 4.69) is 5.10 Å². The van der Waals surface area contributed by atoms with Crippen LogP contribution in [0.1, 0.15) is 5.56 Å². The van der Waals surface area contributed by atoms with Crippen LogP contribution in [0, 0.1) is 10.1 Å². The fourth-order valence-corrected chi connectivity index (χ4v) is 1.56. The summed E-state index contributed by atoms with van der Waals surface area (Å²) in [4.78, 5) is 20.8. The second kappa shape index (κ2) is 5.21. The summed E-state index contributed by atoms with van der Waals surface area (Å²) in [5.41, 5.74) is 7.11. The maximum atomic E-state index is 10.9. The van der Waals surface area contributed by atoms with Crippen LogP contribution in [0.25, 0.3) is 0 Å². The van der Waals surface area contributed by atoms with E-state index in [1.165, 1.54) is 18.3 Å². The Morgan fingerprint density at radius 3 is 2.84 bits per heavy atom. The van der Waals surface area contributed by atoms with Gasteiger partial charge in [-0.25, -0.2) is 10.2 Å². The quantitative estimate of drug-likeness (QED) is 0.466. The predicted octanol–water partition coefficient (Wildman–Crippen LogP) is 0.520. The molecule has 0 aliphatic carbocycles. The number of carbonyl (C=O) groups is 1. The average molecular weight is 266 g/mol. The van der Waals surface area contributed by atoms with Gasteiger partial charge in [0.25, 0.3) is 5.69 Å². The SMILES string of the molecule is NC(=O)NN=CCc1cc2c(cc1[N+](=O)[O-])OCO2. The third-order valence-electron chi connectivity index (χ3n) is 2.35. The zero-order valence-corrected chi connectivity index (χ0v) is 9.66. The maximum absolute atomic E-state index is 10.9. The van der Waals surface area contributed by atoms with Crippen molar-refractivity contribution in [1.82, 2.24) is 5.43 Å². The van der Waals surface area contributed by atoms with Crippen LogP contribution in [0.3, 0.4) is 0 Å². The molecule has 9 heteroatoms. The number of hydrazone groups is 1. The molecule has 1 aliphatic heterocycles. The minimum Gasteiger partial charge on any atom is -0.454 e. The van der Waals surface area contributed by atoms with Gasteiger partial charge in [0.15, 0.2) is 11.5 Å². The first-order valence-electron chi connectivity index (χ1n) is 5.22. The number of amides is 2. The van der Waals surface area contributed by atoms with Crippen molar-refractivity contribution in [2.45, 2.75) is 6.42 Å². The molecule has 0 aromatic heterocycles. The van der Waals surface area contributed by atoms with E-state index in [1.807, 2.05) is 5.43 Å². The van der Waals surface area contributed by atoms with Crippen LogP contribution in [0.2, 0.25) is 0 Å². The highest BCUT2D eigenvalue weighted by Crippen LogP contribution is 2.37. The van der Waals surface area contributed by atoms with Crippen molar-refractivity contribution in [2.24, 2.45) is 10.8 Å². The van der Waals surface area contributed by atoms with E-state index in [0.717, 1.165) is 0 Å². The Kier molecular flexibility index (Phi) is 3.46. The van der Waals surface area contributed by atoms with Gasteiger partial charge in [-0.05, 0) is 6.07 Å². The van der Waals surface area contributed by atoms with Crippen molar-refractivity contribution in [2.75, 3.05) is 6.79 Å². The molecule has 1 aliphatic rings. The van der Waals surface area contributed by atoms with E-state index >= 15 is 0 Å². The first kappa shape index (κ1) is 12.6. The Morgan fingerprint density at radius 2 is 2.21 bits per heavy atom. The fraction of sp³-hybridized carbons (Fsp3) is 0.200. The van der Waals surface area contributed by atoms with Crippen LogP contribution >= 0.6 is 0 Å². The summed E-state index contributed by atoms with van der Waals surface area (Å²) in [6, 6.07) is 2.00. The summed E-state index contributed by atoms with van der Waals surface area (Å²) in [5, 5.41) is 14.5. The van der Waals surface area contributed by atoms with Gasteiger partial charge in [0, 0.05) is 18.2 Å². The lowest BCUT2D eigenvalue weighted by atomic mass is 10.1. The zero-order chi connectivity index (χ0) is 13.8. The van der Waals surface area contributed by atoms with Gasteiger partial charge in [0.2, 0.25) is 6.79 Å². The Hall–Kier alpha value is -2.84. The number of nitro benzene ring substituents is 1. The number of rotatable bonds is 4. The van der Waals surface area contributed by atoms with E-state index in [1.54, 1.807) is 0 Å². The number of nitrogens with one attached hydrogen (secondary N) is 1. The number of primary amides is 1. The van der Waals surface area contributed by atoms with E-state index < -0.39 is 11.0 Å². The highest BCUT2D eigenvalue weighted by molar-refractivity contribution is 5.73. The maximum Gasteiger partial charge on any atom is 0.332 e. The number of urea groups is 1. The summed E-state index contributed by atoms with van der Waals surface area (Å²) in [7, 11) is 0. The summed E-state index contributed by atoms with van der Waals surface area (Å²) in [6.45, 7) is 0.0350. The van der Waals surface area contributed by atoms with Crippen LogP contribution < -0.4 is 20.6 Å². The minimum atomic E-state index is -0.809. The number of ether oxygens (including phenoxy) is 2. The first-order chi connectivity index (χ1) is 9.08. The number of nitrogens with zero attached hydrogens (tertiary/aromatic N) is 2. The van der Waals surface area contributed by atoms with Gasteiger partial charge in [-0.15, -0.1) is 0 Å². The lowest BCUT2D eigenvalue weighted by Gasteiger charge is -2.02. The second-order valence-corrected chi connectivity index (χ2v) is 3.58. The Balaban J connectivity index is 2.21. The number of nitro groups is 1. The van der Waals surface area contributed by atoms with Gasteiger partial charge in [0.05, 0.1) is 11.0 Å². The van der Waals surface area contributed by atoms with E-state index in [0.29, 0.717) is 17.1 Å². The molecule has 0 saturated carbocycles. The van der Waals surface area contributed by atoms with Crippen LogP contribution in [0.5, 0.6) is 11.5 Å². The fourth-order valence-electron chi connectivity index (χ4n) is 1.56. The van der Waals surface area contributed by atoms with Gasteiger partial charge < -0.3 is 15.2 Å². The smallest absolute Gasteiger partial charge is 0.332 e. The second-order valence-electron chi connectivity index (χ2n) is 3.58. The number of nitrogens with two attached hydrogens (primary N) is 1. The normalized spacial score (nSPS) is 12.6. The van der Waals surface area contributed by atoms with Crippen LogP contribution in [-0.4, -0.2) is 24.0 Å². The molecule has 100 valence electrons. The van der Waals surface area contributed by atoms with Crippen LogP contribution in [0.4, 0.5) is 10.5 Å². The number of fused-ring (bicyclic) bond motifs is 1. The zero-order valence-electron chi connectivity index (χ0n) is 9.66. The van der Waals surface area contributed by atoms with E-state index in [9.17, 15) is 14.9 Å². The number of hydrogen-bond donors (Lipinski definition) is 2. The molecule has 9 nitrogen and oxygen atoms in total. The molecule has 0 atom stereocenters. The molecule has 0 radical (unpaired) electrons. The molecular weight excluding hydrogens is 256 g/mol. The van der Waals surface area contributed by atoms with Gasteiger partial charge in [-0.1, -0.05) is 0 Å². The number of carbonyl (C=O) groups excluding carboxylic acids is 1. The number of benzene rings is 1. The molecule has 3 N–H and O–H groups in total. The Labute approximate surface area is 107 Å². The molecule has 0 bridgehead atoms. The van der Waals surface area contributed by atoms with Crippen LogP contribution in [0.15, 0.2) is 17.2 Å². The molecular formula is C10H10N4O5. The van der Waals surface area contributed by atoms with Crippen molar-refractivity contribution >= 4 is 17.9 Å². The third kappa shape index (κ3) is 2.89. The summed E-state index contributed by atoms with van der Waals surface area (Å²) < 4.78 is 10.2. The van der Waals surface area contributed by atoms with Crippen molar-refractivity contribution in [3.63, 3.8) is 0 Å². The Bertz CT molecular complexity index is 557. The summed E-state index contributed by atoms with van der Waals surface area (Å²) in [6.07, 6.45) is 1.45. The van der Waals surface area contributed by atoms with Crippen molar-refractivity contribution in [3.8, 4) is 11.5 Å². The first-order valence-corrected chi connectivity index (χ1v) is 5.22. The lowest BCUT2D eigenvalue weighted by molar-refractivity contribution is -0.385. The molecule has 0 spiro atoms. The molecule has 19 heavy (non-hydrogen) atoms. The summed E-state index contributed by atoms with van der Waals surface area (Å²) >= 11 is 0. The molecule has 0 fully saturated rings. The van der Waals surface area contributed by atoms with Gasteiger partial charge in [0.1, 0.15) is 0 Å². The van der Waals surface area contributed by atoms with Gasteiger partial charge in [-0.2, -0.15) is 5.10 Å².